The number of hydrogen-bond acceptors (Lipinski definition) is 6. The lowest BCUT2D eigenvalue weighted by atomic mass is 10.4. The van der Waals surface area contributed by atoms with Crippen LogP contribution in [0.4, 0.5) is 0 Å². The maximum atomic E-state index is 10.5. The second-order valence-corrected chi connectivity index (χ2v) is 3.68. The highest BCUT2D eigenvalue weighted by atomic mass is 16.5. The van der Waals surface area contributed by atoms with Crippen molar-refractivity contribution < 1.29 is 34.1 Å². The summed E-state index contributed by atoms with van der Waals surface area (Å²) in [6.07, 6.45) is 0.833. The van der Waals surface area contributed by atoms with Gasteiger partial charge < -0.3 is 19.7 Å². The summed E-state index contributed by atoms with van der Waals surface area (Å²) < 4.78 is 9.03. The van der Waals surface area contributed by atoms with Gasteiger partial charge >= 0.3 is 17.9 Å². The van der Waals surface area contributed by atoms with E-state index < -0.39 is 11.9 Å². The summed E-state index contributed by atoms with van der Waals surface area (Å²) in [5, 5.41) is 15.8. The van der Waals surface area contributed by atoms with Crippen LogP contribution in [0.1, 0.15) is 20.8 Å². The molecule has 0 aliphatic carbocycles. The summed E-state index contributed by atoms with van der Waals surface area (Å²) in [7, 11) is 0. The molecule has 0 aromatic carbocycles. The molecule has 0 unspecified atom stereocenters. The Labute approximate surface area is 130 Å². The lowest BCUT2D eigenvalue weighted by Crippen LogP contribution is -2.08. The molecular weight excluding hydrogens is 292 g/mol. The number of hydrogen-bond donors (Lipinski definition) is 2. The van der Waals surface area contributed by atoms with Crippen LogP contribution in [0, 0.1) is 0 Å². The molecule has 7 nitrogen and oxygen atoms in total. The average molecular weight is 316 g/mol. The second-order valence-electron chi connectivity index (χ2n) is 3.68. The summed E-state index contributed by atoms with van der Waals surface area (Å²) in [5.74, 6) is -1.75. The number of carboxylic acid groups (broad SMARTS) is 1. The van der Waals surface area contributed by atoms with Crippen molar-refractivity contribution in [3.63, 3.8) is 0 Å². The highest BCUT2D eigenvalue weighted by Crippen LogP contribution is 1.90. The molecule has 0 saturated carbocycles. The number of rotatable bonds is 6. The number of carboxylic acids is 1. The fourth-order valence-electron chi connectivity index (χ4n) is 0.516. The zero-order valence-electron chi connectivity index (χ0n) is 13.3. The van der Waals surface area contributed by atoms with Crippen LogP contribution in [0.5, 0.6) is 0 Å². The molecule has 0 aliphatic rings. The minimum absolute atomic E-state index is 0.0473. The van der Waals surface area contributed by atoms with E-state index in [0.717, 1.165) is 6.08 Å². The van der Waals surface area contributed by atoms with Gasteiger partial charge in [-0.3, -0.25) is 0 Å². The molecule has 7 heteroatoms. The third kappa shape index (κ3) is 22.7. The topological polar surface area (TPSA) is 110 Å². The van der Waals surface area contributed by atoms with Gasteiger partial charge in [-0.05, 0) is 20.8 Å². The summed E-state index contributed by atoms with van der Waals surface area (Å²) >= 11 is 0. The number of aliphatic hydroxyl groups is 1. The largest absolute Gasteiger partial charge is 0.478 e. The summed E-state index contributed by atoms with van der Waals surface area (Å²) in [4.78, 5) is 30.1. The van der Waals surface area contributed by atoms with Crippen molar-refractivity contribution >= 4 is 17.9 Å². The number of aliphatic carboxylic acids is 1. The fraction of sp³-hybridized carbons (Fsp3) is 0.400. The normalized spacial score (nSPS) is 8.00. The molecule has 0 spiro atoms. The Morgan fingerprint density at radius 2 is 1.41 bits per heavy atom. The first kappa shape index (κ1) is 24.6. The lowest BCUT2D eigenvalue weighted by molar-refractivity contribution is -0.140. The summed E-state index contributed by atoms with van der Waals surface area (Å²) in [6.45, 7) is 15.0. The minimum Gasteiger partial charge on any atom is -0.478 e. The highest BCUT2D eigenvalue weighted by Gasteiger charge is 2.00. The van der Waals surface area contributed by atoms with Crippen molar-refractivity contribution in [2.45, 2.75) is 20.8 Å². The number of esters is 2. The Morgan fingerprint density at radius 3 is 1.59 bits per heavy atom. The number of aliphatic hydroxyl groups excluding tert-OH is 1. The van der Waals surface area contributed by atoms with E-state index in [4.69, 9.17) is 10.2 Å². The zero-order chi connectivity index (χ0) is 18.1. The Bertz CT molecular complexity index is 397. The van der Waals surface area contributed by atoms with Crippen LogP contribution < -0.4 is 0 Å². The molecule has 0 bridgehead atoms. The van der Waals surface area contributed by atoms with Gasteiger partial charge in [-0.25, -0.2) is 14.4 Å². The van der Waals surface area contributed by atoms with Gasteiger partial charge in [-0.2, -0.15) is 0 Å². The molecule has 0 aliphatic heterocycles. The molecule has 0 fully saturated rings. The van der Waals surface area contributed by atoms with Gasteiger partial charge in [0.25, 0.3) is 0 Å². The summed E-state index contributed by atoms with van der Waals surface area (Å²) in [6, 6.07) is 0. The predicted octanol–water partition coefficient (Wildman–Crippen LogP) is 1.48. The number of ether oxygens (including phenoxy) is 2. The third-order valence-corrected chi connectivity index (χ3v) is 1.47. The van der Waals surface area contributed by atoms with Crippen molar-refractivity contribution in [1.82, 2.24) is 0 Å². The van der Waals surface area contributed by atoms with Gasteiger partial charge in [-0.15, -0.1) is 0 Å². The average Bonchev–Trinajstić information content (AvgIpc) is 2.45. The molecule has 2 N–H and O–H groups in total. The maximum absolute atomic E-state index is 10.5. The molecule has 0 amide bonds. The molecule has 0 saturated heterocycles. The second kappa shape index (κ2) is 16.6. The Hall–Kier alpha value is -2.41. The van der Waals surface area contributed by atoms with E-state index in [-0.39, 0.29) is 19.2 Å². The van der Waals surface area contributed by atoms with Crippen LogP contribution in [-0.2, 0) is 23.9 Å². The predicted molar refractivity (Wildman–Crippen MR) is 82.1 cm³/mol. The molecule has 0 radical (unpaired) electrons. The van der Waals surface area contributed by atoms with Gasteiger partial charge in [0.2, 0.25) is 0 Å². The Kier molecular flexibility index (Phi) is 18.6. The van der Waals surface area contributed by atoms with E-state index in [1.54, 1.807) is 20.8 Å². The molecule has 0 aromatic rings. The van der Waals surface area contributed by atoms with E-state index in [9.17, 15) is 14.4 Å². The van der Waals surface area contributed by atoms with E-state index in [0.29, 0.717) is 17.8 Å². The highest BCUT2D eigenvalue weighted by molar-refractivity contribution is 5.87. The van der Waals surface area contributed by atoms with Crippen molar-refractivity contribution in [2.75, 3.05) is 19.8 Å². The number of carbonyl (C=O) groups is 3. The molecule has 0 aromatic heterocycles. The summed E-state index contributed by atoms with van der Waals surface area (Å²) in [5.41, 5.74) is 0.801. The van der Waals surface area contributed by atoms with Crippen LogP contribution in [0.2, 0.25) is 0 Å². The molecule has 0 rings (SSSR count). The van der Waals surface area contributed by atoms with Gasteiger partial charge in [0, 0.05) is 17.2 Å². The van der Waals surface area contributed by atoms with Gasteiger partial charge in [0.15, 0.2) is 0 Å². The van der Waals surface area contributed by atoms with Crippen LogP contribution in [-0.4, -0.2) is 47.9 Å². The van der Waals surface area contributed by atoms with E-state index in [2.05, 4.69) is 29.2 Å². The molecular formula is C15H24O7. The first-order chi connectivity index (χ1) is 10.1. The van der Waals surface area contributed by atoms with Crippen LogP contribution in [0.25, 0.3) is 0 Å². The monoisotopic (exact) mass is 316 g/mol. The first-order valence-corrected chi connectivity index (χ1v) is 6.25. The Balaban J connectivity index is -0.000000257. The van der Waals surface area contributed by atoms with Gasteiger partial charge in [-0.1, -0.05) is 19.7 Å². The number of carbonyl (C=O) groups excluding carboxylic acids is 2. The van der Waals surface area contributed by atoms with E-state index in [1.807, 2.05) is 0 Å². The lowest BCUT2D eigenvalue weighted by Gasteiger charge is -1.99. The molecule has 22 heavy (non-hydrogen) atoms. The van der Waals surface area contributed by atoms with Gasteiger partial charge in [0.05, 0.1) is 13.2 Å². The quantitative estimate of drug-likeness (QED) is 0.564. The third-order valence-electron chi connectivity index (χ3n) is 1.47. The van der Waals surface area contributed by atoms with Crippen LogP contribution in [0.3, 0.4) is 0 Å². The van der Waals surface area contributed by atoms with Crippen molar-refractivity contribution in [2.24, 2.45) is 0 Å². The van der Waals surface area contributed by atoms with Crippen LogP contribution >= 0.6 is 0 Å². The zero-order valence-corrected chi connectivity index (χ0v) is 13.3. The van der Waals surface area contributed by atoms with Crippen LogP contribution in [0.15, 0.2) is 37.0 Å². The molecule has 0 heterocycles. The van der Waals surface area contributed by atoms with Crippen molar-refractivity contribution in [1.29, 1.82) is 0 Å². The maximum Gasteiger partial charge on any atom is 0.333 e. The van der Waals surface area contributed by atoms with Gasteiger partial charge in [0.1, 0.15) is 6.61 Å². The first-order valence-electron chi connectivity index (χ1n) is 6.25. The molecule has 126 valence electrons. The fourth-order valence-corrected chi connectivity index (χ4v) is 0.516. The SMILES string of the molecule is C=C(C)C(=O)OCC.C=C(C)C(=O)OCCO.C=CC(=O)O. The van der Waals surface area contributed by atoms with Crippen molar-refractivity contribution in [3.8, 4) is 0 Å². The minimum atomic E-state index is -0.981. The van der Waals surface area contributed by atoms with E-state index >= 15 is 0 Å². The molecule has 0 atom stereocenters. The van der Waals surface area contributed by atoms with E-state index in [1.165, 1.54) is 0 Å². The Morgan fingerprint density at radius 1 is 1.05 bits per heavy atom. The van der Waals surface area contributed by atoms with Crippen molar-refractivity contribution in [3.05, 3.63) is 37.0 Å². The smallest absolute Gasteiger partial charge is 0.333 e. The standard InChI is InChI=1S/C6H10O3.C6H10O2.C3H4O2/c1-5(2)6(8)9-4-3-7;1-4-8-6(7)5(2)3;1-2-3(4)5/h7H,1,3-4H2,2H3;2,4H2,1,3H3;2H,1H2,(H,4,5).